The fraction of sp³-hybridized carbons (Fsp3) is 0.300. The predicted octanol–water partition coefficient (Wildman–Crippen LogP) is 2.54. The molecule has 1 heterocycles. The van der Waals surface area contributed by atoms with Gasteiger partial charge in [0.25, 0.3) is 11.6 Å². The number of hydrogen-bond donors (Lipinski definition) is 0. The smallest absolute Gasteiger partial charge is 0.293 e. The molecule has 0 aliphatic carbocycles. The summed E-state index contributed by atoms with van der Waals surface area (Å²) in [5.74, 6) is -0.318. The topological polar surface area (TPSA) is 87.0 Å². The number of benzene rings is 2. The Bertz CT molecular complexity index is 892. The van der Waals surface area contributed by atoms with Crippen LogP contribution >= 0.6 is 0 Å². The molecule has 146 valence electrons. The standard InChI is InChI=1S/C20H22N4O4/c1-15(25)22-10-12-23(13-11-22)18-9-8-16(14-19(18)24(27)28)20(26)21(2)17-6-4-3-5-7-17/h3-9,14H,10-13H2,1-2H3. The van der Waals surface area contributed by atoms with Crippen molar-refractivity contribution >= 4 is 28.9 Å². The fourth-order valence-corrected chi connectivity index (χ4v) is 3.29. The molecule has 2 aromatic carbocycles. The quantitative estimate of drug-likeness (QED) is 0.599. The van der Waals surface area contributed by atoms with Crippen molar-refractivity contribution in [1.29, 1.82) is 0 Å². The van der Waals surface area contributed by atoms with Gasteiger partial charge >= 0.3 is 0 Å². The van der Waals surface area contributed by atoms with Crippen LogP contribution in [0.5, 0.6) is 0 Å². The zero-order chi connectivity index (χ0) is 20.3. The predicted molar refractivity (Wildman–Crippen MR) is 107 cm³/mol. The summed E-state index contributed by atoms with van der Waals surface area (Å²) in [4.78, 5) is 40.5. The lowest BCUT2D eigenvalue weighted by Gasteiger charge is -2.35. The zero-order valence-corrected chi connectivity index (χ0v) is 15.9. The molecule has 1 aliphatic rings. The summed E-state index contributed by atoms with van der Waals surface area (Å²) in [6.45, 7) is 3.57. The van der Waals surface area contributed by atoms with Crippen LogP contribution < -0.4 is 9.80 Å². The van der Waals surface area contributed by atoms with Crippen molar-refractivity contribution in [3.63, 3.8) is 0 Å². The number of anilines is 2. The normalized spacial score (nSPS) is 13.9. The first kappa shape index (κ1) is 19.3. The van der Waals surface area contributed by atoms with E-state index in [1.807, 2.05) is 23.1 Å². The second-order valence-electron chi connectivity index (χ2n) is 6.65. The van der Waals surface area contributed by atoms with Crippen molar-refractivity contribution in [2.24, 2.45) is 0 Å². The van der Waals surface area contributed by atoms with Gasteiger partial charge in [-0.15, -0.1) is 0 Å². The van der Waals surface area contributed by atoms with Gasteiger partial charge in [-0.2, -0.15) is 0 Å². The number of nitro benzene ring substituents is 1. The maximum absolute atomic E-state index is 12.8. The first-order valence-corrected chi connectivity index (χ1v) is 9.00. The zero-order valence-electron chi connectivity index (χ0n) is 15.9. The Labute approximate surface area is 163 Å². The molecule has 0 spiro atoms. The second-order valence-corrected chi connectivity index (χ2v) is 6.65. The molecule has 0 saturated carbocycles. The first-order chi connectivity index (χ1) is 13.4. The molecule has 8 nitrogen and oxygen atoms in total. The fourth-order valence-electron chi connectivity index (χ4n) is 3.29. The van der Waals surface area contributed by atoms with Crippen molar-refractivity contribution < 1.29 is 14.5 Å². The molecule has 0 N–H and O–H groups in total. The lowest BCUT2D eigenvalue weighted by molar-refractivity contribution is -0.384. The monoisotopic (exact) mass is 382 g/mol. The Morgan fingerprint density at radius 1 is 1.04 bits per heavy atom. The van der Waals surface area contributed by atoms with Crippen molar-refractivity contribution in [3.8, 4) is 0 Å². The Kier molecular flexibility index (Phi) is 5.58. The van der Waals surface area contributed by atoms with Gasteiger partial charge < -0.3 is 14.7 Å². The van der Waals surface area contributed by atoms with Crippen LogP contribution in [-0.2, 0) is 4.79 Å². The molecule has 2 amide bonds. The van der Waals surface area contributed by atoms with E-state index in [4.69, 9.17) is 0 Å². The average Bonchev–Trinajstić information content (AvgIpc) is 2.73. The minimum Gasteiger partial charge on any atom is -0.362 e. The van der Waals surface area contributed by atoms with E-state index < -0.39 is 4.92 Å². The summed E-state index contributed by atoms with van der Waals surface area (Å²) in [6, 6.07) is 13.7. The Morgan fingerprint density at radius 3 is 2.25 bits per heavy atom. The van der Waals surface area contributed by atoms with Crippen LogP contribution in [0.15, 0.2) is 48.5 Å². The summed E-state index contributed by atoms with van der Waals surface area (Å²) in [7, 11) is 1.64. The van der Waals surface area contributed by atoms with Crippen molar-refractivity contribution in [2.75, 3.05) is 43.0 Å². The van der Waals surface area contributed by atoms with Crippen molar-refractivity contribution in [1.82, 2.24) is 4.90 Å². The van der Waals surface area contributed by atoms with Crippen LogP contribution in [0.3, 0.4) is 0 Å². The Balaban J connectivity index is 1.85. The molecular weight excluding hydrogens is 360 g/mol. The van der Waals surface area contributed by atoms with Gasteiger partial charge in [0.1, 0.15) is 5.69 Å². The van der Waals surface area contributed by atoms with Gasteiger partial charge in [0.05, 0.1) is 4.92 Å². The van der Waals surface area contributed by atoms with Crippen LogP contribution in [0.4, 0.5) is 17.1 Å². The lowest BCUT2D eigenvalue weighted by atomic mass is 10.1. The number of piperazine rings is 1. The maximum atomic E-state index is 12.8. The number of nitrogens with zero attached hydrogens (tertiary/aromatic N) is 4. The molecular formula is C20H22N4O4. The summed E-state index contributed by atoms with van der Waals surface area (Å²) in [5.41, 5.74) is 1.32. The van der Waals surface area contributed by atoms with Gasteiger partial charge in [-0.25, -0.2) is 0 Å². The number of rotatable bonds is 4. The highest BCUT2D eigenvalue weighted by Crippen LogP contribution is 2.31. The first-order valence-electron chi connectivity index (χ1n) is 9.00. The van der Waals surface area contributed by atoms with E-state index in [9.17, 15) is 19.7 Å². The summed E-state index contributed by atoms with van der Waals surface area (Å²) < 4.78 is 0. The van der Waals surface area contributed by atoms with Crippen LogP contribution in [0, 0.1) is 10.1 Å². The third kappa shape index (κ3) is 3.95. The van der Waals surface area contributed by atoms with Crippen LogP contribution in [0.1, 0.15) is 17.3 Å². The van der Waals surface area contributed by atoms with E-state index in [0.717, 1.165) is 0 Å². The Morgan fingerprint density at radius 2 is 1.68 bits per heavy atom. The van der Waals surface area contributed by atoms with E-state index in [0.29, 0.717) is 37.6 Å². The van der Waals surface area contributed by atoms with Crippen molar-refractivity contribution in [3.05, 3.63) is 64.2 Å². The molecule has 3 rings (SSSR count). The molecule has 0 bridgehead atoms. The number of nitro groups is 1. The summed E-state index contributed by atoms with van der Waals surface area (Å²) >= 11 is 0. The average molecular weight is 382 g/mol. The minimum atomic E-state index is -0.466. The highest BCUT2D eigenvalue weighted by Gasteiger charge is 2.26. The maximum Gasteiger partial charge on any atom is 0.293 e. The van der Waals surface area contributed by atoms with E-state index in [1.165, 1.54) is 17.9 Å². The van der Waals surface area contributed by atoms with Crippen molar-refractivity contribution in [2.45, 2.75) is 6.92 Å². The van der Waals surface area contributed by atoms with Gasteiger partial charge in [-0.1, -0.05) is 18.2 Å². The molecule has 2 aromatic rings. The summed E-state index contributed by atoms with van der Waals surface area (Å²) in [5, 5.41) is 11.6. The lowest BCUT2D eigenvalue weighted by Crippen LogP contribution is -2.48. The van der Waals surface area contributed by atoms with Gasteiger partial charge in [0.15, 0.2) is 0 Å². The van der Waals surface area contributed by atoms with Gasteiger partial charge in [0, 0.05) is 57.5 Å². The highest BCUT2D eigenvalue weighted by atomic mass is 16.6. The largest absolute Gasteiger partial charge is 0.362 e. The van der Waals surface area contributed by atoms with Crippen LogP contribution in [-0.4, -0.2) is 54.9 Å². The number of carbonyl (C=O) groups is 2. The number of hydrogen-bond acceptors (Lipinski definition) is 5. The van der Waals surface area contributed by atoms with E-state index in [-0.39, 0.29) is 23.1 Å². The molecule has 1 saturated heterocycles. The van der Waals surface area contributed by atoms with Gasteiger partial charge in [-0.3, -0.25) is 19.7 Å². The number of carbonyl (C=O) groups excluding carboxylic acids is 2. The molecule has 0 aromatic heterocycles. The third-order valence-corrected chi connectivity index (χ3v) is 4.93. The summed E-state index contributed by atoms with van der Waals surface area (Å²) in [6.07, 6.45) is 0. The van der Waals surface area contributed by atoms with E-state index >= 15 is 0 Å². The molecule has 0 atom stereocenters. The molecule has 28 heavy (non-hydrogen) atoms. The van der Waals surface area contributed by atoms with Crippen LogP contribution in [0.25, 0.3) is 0 Å². The van der Waals surface area contributed by atoms with Gasteiger partial charge in [-0.05, 0) is 24.3 Å². The van der Waals surface area contributed by atoms with Crippen LogP contribution in [0.2, 0.25) is 0 Å². The molecule has 1 fully saturated rings. The SMILES string of the molecule is CC(=O)N1CCN(c2ccc(C(=O)N(C)c3ccccc3)cc2[N+](=O)[O-])CC1. The number of para-hydroxylation sites is 1. The third-order valence-electron chi connectivity index (χ3n) is 4.93. The van der Waals surface area contributed by atoms with Gasteiger partial charge in [0.2, 0.25) is 5.91 Å². The second kappa shape index (κ2) is 8.08. The minimum absolute atomic E-state index is 0.000886. The highest BCUT2D eigenvalue weighted by molar-refractivity contribution is 6.06. The Hall–Kier alpha value is -3.42. The molecule has 0 unspecified atom stereocenters. The van der Waals surface area contributed by atoms with E-state index in [1.54, 1.807) is 36.2 Å². The molecule has 0 radical (unpaired) electrons. The molecule has 1 aliphatic heterocycles. The molecule has 8 heteroatoms. The van der Waals surface area contributed by atoms with E-state index in [2.05, 4.69) is 0 Å². The number of amides is 2.